The molecule has 10 heteroatoms. The molecule has 2 N–H and O–H groups in total. The molecule has 0 spiro atoms. The molecule has 138 valence electrons. The highest BCUT2D eigenvalue weighted by Gasteiger charge is 2.44. The topological polar surface area (TPSA) is 61.8 Å². The molecular weight excluding hydrogens is 365 g/mol. The molecule has 1 aromatic carbocycles. The van der Waals surface area contributed by atoms with E-state index in [0.717, 1.165) is 12.1 Å². The minimum Gasteiger partial charge on any atom is -0.384 e. The van der Waals surface area contributed by atoms with Crippen LogP contribution in [0.2, 0.25) is 0 Å². The van der Waals surface area contributed by atoms with Crippen LogP contribution in [0.1, 0.15) is 18.3 Å². The van der Waals surface area contributed by atoms with E-state index < -0.39 is 34.8 Å². The van der Waals surface area contributed by atoms with E-state index in [1.165, 1.54) is 25.4 Å². The SMILES string of the molecule is CC(CSC(F)(F)C(F)F)C(O)(Cc1nc[nH]n1)c1ccc(F)cc1. The second-order valence-electron chi connectivity index (χ2n) is 5.60. The van der Waals surface area contributed by atoms with Crippen molar-refractivity contribution in [2.24, 2.45) is 5.92 Å². The molecule has 25 heavy (non-hydrogen) atoms. The predicted octanol–water partition coefficient (Wildman–Crippen LogP) is 3.60. The molecule has 2 aromatic rings. The number of halogens is 5. The molecule has 0 saturated heterocycles. The molecule has 0 aliphatic carbocycles. The number of thioether (sulfide) groups is 1. The van der Waals surface area contributed by atoms with Crippen molar-refractivity contribution in [1.29, 1.82) is 0 Å². The van der Waals surface area contributed by atoms with Crippen LogP contribution in [0.25, 0.3) is 0 Å². The number of H-pyrrole nitrogens is 1. The van der Waals surface area contributed by atoms with Gasteiger partial charge in [-0.25, -0.2) is 18.2 Å². The van der Waals surface area contributed by atoms with Crippen LogP contribution >= 0.6 is 11.8 Å². The van der Waals surface area contributed by atoms with E-state index in [-0.39, 0.29) is 29.6 Å². The minimum atomic E-state index is -4.22. The lowest BCUT2D eigenvalue weighted by atomic mass is 9.80. The lowest BCUT2D eigenvalue weighted by molar-refractivity contribution is -0.0574. The number of aromatic nitrogens is 3. The maximum atomic E-state index is 13.2. The quantitative estimate of drug-likeness (QED) is 0.686. The average molecular weight is 381 g/mol. The molecule has 0 radical (unpaired) electrons. The van der Waals surface area contributed by atoms with Crippen molar-refractivity contribution in [3.8, 4) is 0 Å². The number of nitrogens with zero attached hydrogens (tertiary/aromatic N) is 2. The summed E-state index contributed by atoms with van der Waals surface area (Å²) in [6.07, 6.45) is -2.67. The van der Waals surface area contributed by atoms with Crippen LogP contribution in [0.15, 0.2) is 30.6 Å². The van der Waals surface area contributed by atoms with Crippen LogP contribution in [0.3, 0.4) is 0 Å². The van der Waals surface area contributed by atoms with E-state index in [1.54, 1.807) is 0 Å². The van der Waals surface area contributed by atoms with Crippen molar-refractivity contribution in [3.63, 3.8) is 0 Å². The third kappa shape index (κ3) is 4.69. The monoisotopic (exact) mass is 381 g/mol. The standard InChI is InChI=1S/C15H16F5N3OS/c1-9(7-25-15(19,20)13(17)18)14(24,6-12-21-8-22-23-12)10-2-4-11(16)5-3-10/h2-5,8-9,13,24H,6-7H2,1H3,(H,21,22,23). The van der Waals surface area contributed by atoms with Gasteiger partial charge in [-0.15, -0.1) is 0 Å². The van der Waals surface area contributed by atoms with Gasteiger partial charge in [-0.3, -0.25) is 5.10 Å². The summed E-state index contributed by atoms with van der Waals surface area (Å²) in [4.78, 5) is 3.89. The highest BCUT2D eigenvalue weighted by Crippen LogP contribution is 2.41. The number of nitrogens with one attached hydrogen (secondary N) is 1. The van der Waals surface area contributed by atoms with E-state index in [4.69, 9.17) is 0 Å². The van der Waals surface area contributed by atoms with Crippen molar-refractivity contribution in [2.45, 2.75) is 30.6 Å². The van der Waals surface area contributed by atoms with Crippen molar-refractivity contribution in [1.82, 2.24) is 15.2 Å². The molecule has 4 nitrogen and oxygen atoms in total. The minimum absolute atomic E-state index is 0.149. The Bertz CT molecular complexity index is 668. The molecule has 1 heterocycles. The lowest BCUT2D eigenvalue weighted by Gasteiger charge is -2.34. The summed E-state index contributed by atoms with van der Waals surface area (Å²) in [5.41, 5.74) is -1.48. The fraction of sp³-hybridized carbons (Fsp3) is 0.467. The number of hydrogen-bond donors (Lipinski definition) is 2. The summed E-state index contributed by atoms with van der Waals surface area (Å²) in [6, 6.07) is 4.86. The fourth-order valence-corrected chi connectivity index (χ4v) is 3.17. The van der Waals surface area contributed by atoms with Gasteiger partial charge in [0.2, 0.25) is 0 Å². The van der Waals surface area contributed by atoms with Gasteiger partial charge in [0.15, 0.2) is 5.82 Å². The zero-order chi connectivity index (χ0) is 18.7. The van der Waals surface area contributed by atoms with Crippen LogP contribution in [0.5, 0.6) is 0 Å². The third-order valence-corrected chi connectivity index (χ3v) is 5.06. The summed E-state index contributed by atoms with van der Waals surface area (Å²) in [6.45, 7) is 1.45. The highest BCUT2D eigenvalue weighted by molar-refractivity contribution is 8.00. The van der Waals surface area contributed by atoms with Gasteiger partial charge in [0.05, 0.1) is 0 Å². The molecule has 0 aliphatic heterocycles. The van der Waals surface area contributed by atoms with Gasteiger partial charge in [-0.05, 0) is 23.6 Å². The third-order valence-electron chi connectivity index (χ3n) is 3.83. The van der Waals surface area contributed by atoms with Gasteiger partial charge < -0.3 is 5.11 Å². The van der Waals surface area contributed by atoms with Crippen LogP contribution in [0.4, 0.5) is 22.0 Å². The van der Waals surface area contributed by atoms with Crippen molar-refractivity contribution < 1.29 is 27.1 Å². The summed E-state index contributed by atoms with van der Waals surface area (Å²) < 4.78 is 64.2. The number of aliphatic hydroxyl groups is 1. The molecule has 0 saturated carbocycles. The largest absolute Gasteiger partial charge is 0.384 e. The zero-order valence-corrected chi connectivity index (χ0v) is 13.9. The van der Waals surface area contributed by atoms with E-state index in [2.05, 4.69) is 15.2 Å². The second-order valence-corrected chi connectivity index (χ2v) is 6.76. The number of rotatable bonds is 8. The fourth-order valence-electron chi connectivity index (χ4n) is 2.30. The van der Waals surface area contributed by atoms with Gasteiger partial charge in [0, 0.05) is 12.2 Å². The van der Waals surface area contributed by atoms with E-state index >= 15 is 0 Å². The summed E-state index contributed by atoms with van der Waals surface area (Å²) in [5, 5.41) is 13.2. The Kier molecular flexibility index (Phi) is 6.04. The maximum absolute atomic E-state index is 13.2. The van der Waals surface area contributed by atoms with Crippen molar-refractivity contribution >= 4 is 11.8 Å². The summed E-state index contributed by atoms with van der Waals surface area (Å²) >= 11 is -0.234. The lowest BCUT2D eigenvalue weighted by Crippen LogP contribution is -2.39. The highest BCUT2D eigenvalue weighted by atomic mass is 32.2. The Morgan fingerprint density at radius 1 is 1.24 bits per heavy atom. The number of benzene rings is 1. The van der Waals surface area contributed by atoms with Gasteiger partial charge in [-0.2, -0.15) is 13.9 Å². The van der Waals surface area contributed by atoms with Crippen molar-refractivity contribution in [3.05, 3.63) is 47.8 Å². The number of hydrogen-bond acceptors (Lipinski definition) is 4. The van der Waals surface area contributed by atoms with E-state index in [9.17, 15) is 27.1 Å². The Morgan fingerprint density at radius 3 is 2.40 bits per heavy atom. The summed E-state index contributed by atoms with van der Waals surface area (Å²) in [7, 11) is 0. The first-order valence-electron chi connectivity index (χ1n) is 7.28. The Hall–Kier alpha value is -1.68. The van der Waals surface area contributed by atoms with Crippen LogP contribution in [-0.2, 0) is 12.0 Å². The molecule has 0 aliphatic rings. The number of aromatic amines is 1. The second kappa shape index (κ2) is 7.69. The normalized spacial score (nSPS) is 16.0. The van der Waals surface area contributed by atoms with Crippen molar-refractivity contribution in [2.75, 3.05) is 5.75 Å². The zero-order valence-electron chi connectivity index (χ0n) is 13.1. The smallest absolute Gasteiger partial charge is 0.353 e. The Labute approximate surface area is 144 Å². The van der Waals surface area contributed by atoms with E-state index in [1.807, 2.05) is 0 Å². The van der Waals surface area contributed by atoms with Gasteiger partial charge >= 0.3 is 11.7 Å². The molecule has 0 bridgehead atoms. The van der Waals surface area contributed by atoms with Crippen LogP contribution < -0.4 is 0 Å². The molecule has 0 fully saturated rings. The summed E-state index contributed by atoms with van der Waals surface area (Å²) in [5.74, 6) is -1.64. The molecule has 2 atom stereocenters. The van der Waals surface area contributed by atoms with Crippen LogP contribution in [0, 0.1) is 11.7 Å². The van der Waals surface area contributed by atoms with Gasteiger partial charge in [-0.1, -0.05) is 30.8 Å². The molecule has 1 aromatic heterocycles. The van der Waals surface area contributed by atoms with Gasteiger partial charge in [0.1, 0.15) is 17.7 Å². The predicted molar refractivity (Wildman–Crippen MR) is 83.0 cm³/mol. The molecule has 2 rings (SSSR count). The Balaban J connectivity index is 2.25. The van der Waals surface area contributed by atoms with Gasteiger partial charge in [0.25, 0.3) is 0 Å². The van der Waals surface area contributed by atoms with E-state index in [0.29, 0.717) is 0 Å². The first-order valence-corrected chi connectivity index (χ1v) is 8.26. The first kappa shape index (κ1) is 19.6. The van der Waals surface area contributed by atoms with Crippen LogP contribution in [-0.4, -0.2) is 37.7 Å². The number of alkyl halides is 4. The molecule has 0 amide bonds. The average Bonchev–Trinajstić information content (AvgIpc) is 3.05. The first-order chi connectivity index (χ1) is 11.6. The molecule has 2 unspecified atom stereocenters. The maximum Gasteiger partial charge on any atom is 0.353 e. The molecular formula is C15H16F5N3OS. The Morgan fingerprint density at radius 2 is 1.88 bits per heavy atom.